The first-order valence-corrected chi connectivity index (χ1v) is 12.2. The summed E-state index contributed by atoms with van der Waals surface area (Å²) < 4.78 is 9.69. The first-order chi connectivity index (χ1) is 17.5. The smallest absolute Gasteiger partial charge is 0.410 e. The fraction of sp³-hybridized carbons (Fsp3) is 0.360. The SMILES string of the molecule is N#Cc1ccc2ncn(C[C@H]3CCC[C@]4(C3)CN(Cc3cn(-c5cncc(Cl)c5)nn3)C(=O)O4)c2c1. The summed E-state index contributed by atoms with van der Waals surface area (Å²) in [4.78, 5) is 23.1. The van der Waals surface area contributed by atoms with E-state index in [0.29, 0.717) is 41.0 Å². The Hall–Kier alpha value is -3.97. The van der Waals surface area contributed by atoms with Gasteiger partial charge in [0.05, 0.1) is 65.2 Å². The van der Waals surface area contributed by atoms with Crippen molar-refractivity contribution in [2.45, 2.75) is 44.4 Å². The molecule has 2 atom stereocenters. The van der Waals surface area contributed by atoms with Crippen molar-refractivity contribution in [3.05, 3.63) is 65.5 Å². The average Bonchev–Trinajstić information content (AvgIpc) is 3.57. The van der Waals surface area contributed by atoms with Gasteiger partial charge in [0, 0.05) is 12.7 Å². The third-order valence-corrected chi connectivity index (χ3v) is 7.21. The minimum absolute atomic E-state index is 0.318. The van der Waals surface area contributed by atoms with E-state index in [9.17, 15) is 10.1 Å². The van der Waals surface area contributed by atoms with Crippen LogP contribution in [0, 0.1) is 17.2 Å². The molecule has 1 aliphatic carbocycles. The number of ether oxygens (including phenoxy) is 1. The van der Waals surface area contributed by atoms with E-state index in [2.05, 4.69) is 30.9 Å². The molecular weight excluding hydrogens is 480 g/mol. The zero-order valence-corrected chi connectivity index (χ0v) is 20.2. The van der Waals surface area contributed by atoms with Crippen molar-refractivity contribution in [3.8, 4) is 11.8 Å². The second-order valence-corrected chi connectivity index (χ2v) is 10.0. The second-order valence-electron chi connectivity index (χ2n) is 9.60. The topological polar surface area (TPSA) is 115 Å². The average molecular weight is 503 g/mol. The fourth-order valence-electron chi connectivity index (χ4n) is 5.42. The molecule has 6 rings (SSSR count). The number of nitriles is 1. The molecule has 11 heteroatoms. The van der Waals surface area contributed by atoms with E-state index >= 15 is 0 Å². The monoisotopic (exact) mass is 502 g/mol. The molecule has 0 N–H and O–H groups in total. The largest absolute Gasteiger partial charge is 0.441 e. The van der Waals surface area contributed by atoms with Crippen molar-refractivity contribution >= 4 is 28.7 Å². The van der Waals surface area contributed by atoms with E-state index in [0.717, 1.165) is 43.3 Å². The summed E-state index contributed by atoms with van der Waals surface area (Å²) in [6, 6.07) is 9.49. The first kappa shape index (κ1) is 22.5. The molecule has 0 unspecified atom stereocenters. The third kappa shape index (κ3) is 4.27. The predicted molar refractivity (Wildman–Crippen MR) is 130 cm³/mol. The van der Waals surface area contributed by atoms with E-state index < -0.39 is 5.60 Å². The molecule has 36 heavy (non-hydrogen) atoms. The number of imidazole rings is 1. The van der Waals surface area contributed by atoms with E-state index in [1.807, 2.05) is 18.5 Å². The Morgan fingerprint density at radius 2 is 2.19 bits per heavy atom. The van der Waals surface area contributed by atoms with Crippen LogP contribution in [-0.4, -0.2) is 52.7 Å². The molecule has 10 nitrogen and oxygen atoms in total. The molecule has 1 amide bonds. The standard InChI is InChI=1S/C25H23ClN8O2/c26-19-7-21(11-28-10-19)34-14-20(30-31-34)13-32-15-25(36-24(32)35)5-1-2-18(8-25)12-33-16-29-22-4-3-17(9-27)6-23(22)33/h3-4,6-7,10-11,14,16,18H,1-2,5,8,12-13,15H2/t18-,25-/m0/s1. The lowest BCUT2D eigenvalue weighted by molar-refractivity contribution is 0.00415. The van der Waals surface area contributed by atoms with Crippen molar-refractivity contribution in [2.75, 3.05) is 6.54 Å². The van der Waals surface area contributed by atoms with Gasteiger partial charge >= 0.3 is 6.09 Å². The van der Waals surface area contributed by atoms with Crippen LogP contribution >= 0.6 is 11.6 Å². The molecule has 1 spiro atoms. The van der Waals surface area contributed by atoms with Gasteiger partial charge in [-0.05, 0) is 55.9 Å². The molecule has 2 fully saturated rings. The Balaban J connectivity index is 1.14. The quantitative estimate of drug-likeness (QED) is 0.403. The Morgan fingerprint density at radius 1 is 1.28 bits per heavy atom. The van der Waals surface area contributed by atoms with E-state index in [4.69, 9.17) is 16.3 Å². The lowest BCUT2D eigenvalue weighted by Crippen LogP contribution is -2.40. The van der Waals surface area contributed by atoms with Gasteiger partial charge in [-0.3, -0.25) is 9.88 Å². The Morgan fingerprint density at radius 3 is 3.06 bits per heavy atom. The van der Waals surface area contributed by atoms with Gasteiger partial charge in [-0.2, -0.15) is 5.26 Å². The van der Waals surface area contributed by atoms with Crippen LogP contribution in [0.1, 0.15) is 36.9 Å². The summed E-state index contributed by atoms with van der Waals surface area (Å²) in [6.45, 7) is 1.62. The van der Waals surface area contributed by atoms with Crippen LogP contribution in [0.3, 0.4) is 0 Å². The molecule has 4 heterocycles. The lowest BCUT2D eigenvalue weighted by Gasteiger charge is -2.36. The maximum Gasteiger partial charge on any atom is 0.410 e. The van der Waals surface area contributed by atoms with Gasteiger partial charge in [-0.15, -0.1) is 5.10 Å². The van der Waals surface area contributed by atoms with Gasteiger partial charge in [0.25, 0.3) is 0 Å². The summed E-state index contributed by atoms with van der Waals surface area (Å²) in [5.74, 6) is 0.339. The number of benzene rings is 1. The highest BCUT2D eigenvalue weighted by atomic mass is 35.5. The molecule has 3 aromatic heterocycles. The number of amides is 1. The minimum Gasteiger partial charge on any atom is -0.441 e. The molecule has 0 bridgehead atoms. The molecule has 1 saturated carbocycles. The normalized spacial score (nSPS) is 21.7. The molecule has 182 valence electrons. The van der Waals surface area contributed by atoms with Crippen molar-refractivity contribution in [1.82, 2.24) is 34.4 Å². The van der Waals surface area contributed by atoms with Crippen LogP contribution in [0.4, 0.5) is 4.79 Å². The summed E-state index contributed by atoms with van der Waals surface area (Å²) >= 11 is 6.03. The van der Waals surface area contributed by atoms with Gasteiger partial charge in [-0.25, -0.2) is 14.5 Å². The van der Waals surface area contributed by atoms with Crippen LogP contribution in [0.15, 0.2) is 49.2 Å². The molecule has 2 aliphatic rings. The lowest BCUT2D eigenvalue weighted by atomic mass is 9.78. The first-order valence-electron chi connectivity index (χ1n) is 11.9. The molecule has 0 radical (unpaired) electrons. The summed E-state index contributed by atoms with van der Waals surface area (Å²) in [7, 11) is 0. The third-order valence-electron chi connectivity index (χ3n) is 7.00. The number of pyridine rings is 1. The zero-order valence-electron chi connectivity index (χ0n) is 19.4. The highest BCUT2D eigenvalue weighted by Crippen LogP contribution is 2.41. The van der Waals surface area contributed by atoms with Crippen molar-refractivity contribution < 1.29 is 9.53 Å². The number of nitrogens with zero attached hydrogens (tertiary/aromatic N) is 8. The molecule has 4 aromatic rings. The molecule has 1 aromatic carbocycles. The Bertz CT molecular complexity index is 1490. The molecular formula is C25H23ClN8O2. The number of fused-ring (bicyclic) bond motifs is 1. The van der Waals surface area contributed by atoms with Crippen LogP contribution in [0.25, 0.3) is 16.7 Å². The van der Waals surface area contributed by atoms with Gasteiger partial charge < -0.3 is 9.30 Å². The number of hydrogen-bond acceptors (Lipinski definition) is 7. The highest BCUT2D eigenvalue weighted by molar-refractivity contribution is 6.30. The number of carbonyl (C=O) groups is 1. The Labute approximate surface area is 212 Å². The number of halogens is 1. The summed E-state index contributed by atoms with van der Waals surface area (Å²) in [6.07, 6.45) is 10.2. The van der Waals surface area contributed by atoms with Gasteiger partial charge in [0.15, 0.2) is 0 Å². The minimum atomic E-state index is -0.499. The van der Waals surface area contributed by atoms with Crippen LogP contribution in [0.2, 0.25) is 5.02 Å². The van der Waals surface area contributed by atoms with Gasteiger partial charge in [0.1, 0.15) is 11.3 Å². The van der Waals surface area contributed by atoms with E-state index in [-0.39, 0.29) is 6.09 Å². The van der Waals surface area contributed by atoms with Gasteiger partial charge in [-0.1, -0.05) is 16.8 Å². The maximum atomic E-state index is 12.8. The van der Waals surface area contributed by atoms with Crippen molar-refractivity contribution in [1.29, 1.82) is 5.26 Å². The number of rotatable bonds is 5. The number of hydrogen-bond donors (Lipinski definition) is 0. The van der Waals surface area contributed by atoms with Crippen LogP contribution in [0.5, 0.6) is 0 Å². The molecule has 1 aliphatic heterocycles. The van der Waals surface area contributed by atoms with Crippen molar-refractivity contribution in [3.63, 3.8) is 0 Å². The summed E-state index contributed by atoms with van der Waals surface area (Å²) in [5, 5.41) is 18.1. The van der Waals surface area contributed by atoms with Crippen LogP contribution in [-0.2, 0) is 17.8 Å². The van der Waals surface area contributed by atoms with Crippen LogP contribution < -0.4 is 0 Å². The second kappa shape index (κ2) is 8.91. The highest BCUT2D eigenvalue weighted by Gasteiger charge is 2.48. The maximum absolute atomic E-state index is 12.8. The zero-order chi connectivity index (χ0) is 24.7. The van der Waals surface area contributed by atoms with E-state index in [1.54, 1.807) is 40.3 Å². The Kier molecular flexibility index (Phi) is 5.57. The van der Waals surface area contributed by atoms with Crippen molar-refractivity contribution in [2.24, 2.45) is 5.92 Å². The number of carbonyl (C=O) groups excluding carboxylic acids is 1. The van der Waals surface area contributed by atoms with E-state index in [1.165, 1.54) is 0 Å². The number of aromatic nitrogens is 6. The predicted octanol–water partition coefficient (Wildman–Crippen LogP) is 4.12. The fourth-order valence-corrected chi connectivity index (χ4v) is 5.59. The molecule has 1 saturated heterocycles. The summed E-state index contributed by atoms with van der Waals surface area (Å²) in [5.41, 5.74) is 3.31. The van der Waals surface area contributed by atoms with Gasteiger partial charge in [0.2, 0.25) is 0 Å².